The second kappa shape index (κ2) is 7.61. The van der Waals surface area contributed by atoms with E-state index in [9.17, 15) is 10.1 Å². The molecule has 0 fully saturated rings. The standard InChI is InChI=1S/C21H18N2OS2/c22-12-15-19(18-10-5-11-25-18)20-16(8-4-9-17(20)24)23-21(15)26-13-14-6-2-1-3-7-14/h1-3,5-7,10-11,15,19H,4,8-9,13H2/t15?,19-/m1/s1. The van der Waals surface area contributed by atoms with Crippen LogP contribution in [-0.4, -0.2) is 10.8 Å². The maximum atomic E-state index is 12.6. The third-order valence-electron chi connectivity index (χ3n) is 4.80. The molecule has 0 N–H and O–H groups in total. The molecule has 1 aliphatic carbocycles. The van der Waals surface area contributed by atoms with Crippen molar-refractivity contribution in [2.24, 2.45) is 10.9 Å². The third-order valence-corrected chi connectivity index (χ3v) is 6.88. The number of hydrogen-bond donors (Lipinski definition) is 0. The molecule has 0 spiro atoms. The van der Waals surface area contributed by atoms with E-state index in [1.54, 1.807) is 23.1 Å². The van der Waals surface area contributed by atoms with Gasteiger partial charge in [-0.3, -0.25) is 4.79 Å². The summed E-state index contributed by atoms with van der Waals surface area (Å²) in [6, 6.07) is 16.7. The first kappa shape index (κ1) is 17.3. The largest absolute Gasteiger partial charge is 0.294 e. The quantitative estimate of drug-likeness (QED) is 0.726. The summed E-state index contributed by atoms with van der Waals surface area (Å²) in [4.78, 5) is 18.5. The van der Waals surface area contributed by atoms with Crippen molar-refractivity contribution >= 4 is 33.9 Å². The summed E-state index contributed by atoms with van der Waals surface area (Å²) in [6.07, 6.45) is 2.25. The van der Waals surface area contributed by atoms with Crippen molar-refractivity contribution in [2.45, 2.75) is 30.9 Å². The van der Waals surface area contributed by atoms with Crippen molar-refractivity contribution in [3.8, 4) is 6.07 Å². The highest BCUT2D eigenvalue weighted by molar-refractivity contribution is 8.13. The van der Waals surface area contributed by atoms with E-state index in [0.29, 0.717) is 6.42 Å². The number of carbonyl (C=O) groups is 1. The number of nitriles is 1. The highest BCUT2D eigenvalue weighted by atomic mass is 32.2. The van der Waals surface area contributed by atoms with Crippen molar-refractivity contribution in [3.05, 3.63) is 69.6 Å². The lowest BCUT2D eigenvalue weighted by Gasteiger charge is -2.32. The van der Waals surface area contributed by atoms with E-state index in [0.717, 1.165) is 39.8 Å². The van der Waals surface area contributed by atoms with E-state index in [2.05, 4.69) is 18.2 Å². The summed E-state index contributed by atoms with van der Waals surface area (Å²) in [7, 11) is 0. The lowest BCUT2D eigenvalue weighted by Crippen LogP contribution is -2.30. The Bertz CT molecular complexity index is 907. The van der Waals surface area contributed by atoms with Crippen molar-refractivity contribution in [2.75, 3.05) is 0 Å². The van der Waals surface area contributed by atoms with Gasteiger partial charge in [-0.2, -0.15) is 5.26 Å². The molecule has 0 radical (unpaired) electrons. The lowest BCUT2D eigenvalue weighted by molar-refractivity contribution is -0.116. The molecule has 1 unspecified atom stereocenters. The monoisotopic (exact) mass is 378 g/mol. The molecule has 2 aliphatic rings. The second-order valence-corrected chi connectivity index (χ2v) is 8.44. The van der Waals surface area contributed by atoms with Gasteiger partial charge < -0.3 is 0 Å². The van der Waals surface area contributed by atoms with Crippen molar-refractivity contribution < 1.29 is 4.79 Å². The van der Waals surface area contributed by atoms with Gasteiger partial charge in [-0.15, -0.1) is 23.1 Å². The minimum absolute atomic E-state index is 0.167. The Morgan fingerprint density at radius 3 is 2.77 bits per heavy atom. The van der Waals surface area contributed by atoms with Crippen LogP contribution in [0.15, 0.2) is 64.1 Å². The predicted octanol–water partition coefficient (Wildman–Crippen LogP) is 5.32. The first-order chi connectivity index (χ1) is 12.8. The molecule has 2 aromatic rings. The molecule has 130 valence electrons. The van der Waals surface area contributed by atoms with E-state index >= 15 is 0 Å². The van der Waals surface area contributed by atoms with Gasteiger partial charge in [0.15, 0.2) is 5.78 Å². The zero-order valence-electron chi connectivity index (χ0n) is 14.2. The average molecular weight is 379 g/mol. The number of nitrogens with zero attached hydrogens (tertiary/aromatic N) is 2. The molecule has 1 aromatic heterocycles. The molecule has 0 saturated carbocycles. The molecular weight excluding hydrogens is 360 g/mol. The summed E-state index contributed by atoms with van der Waals surface area (Å²) < 4.78 is 0. The maximum Gasteiger partial charge on any atom is 0.161 e. The molecule has 2 atom stereocenters. The Morgan fingerprint density at radius 1 is 1.19 bits per heavy atom. The van der Waals surface area contributed by atoms with Crippen LogP contribution in [0.2, 0.25) is 0 Å². The van der Waals surface area contributed by atoms with Gasteiger partial charge in [0, 0.05) is 34.2 Å². The van der Waals surface area contributed by atoms with Crippen LogP contribution in [0.5, 0.6) is 0 Å². The number of allylic oxidation sites excluding steroid dienone is 2. The summed E-state index contributed by atoms with van der Waals surface area (Å²) in [5.41, 5.74) is 2.90. The number of hydrogen-bond acceptors (Lipinski definition) is 5. The van der Waals surface area contributed by atoms with E-state index in [-0.39, 0.29) is 17.6 Å². The van der Waals surface area contributed by atoms with Crippen LogP contribution in [0.1, 0.15) is 35.6 Å². The molecule has 0 saturated heterocycles. The number of benzene rings is 1. The highest BCUT2D eigenvalue weighted by Crippen LogP contribution is 2.46. The van der Waals surface area contributed by atoms with E-state index in [1.165, 1.54) is 5.56 Å². The molecule has 3 nitrogen and oxygen atoms in total. The molecule has 2 heterocycles. The topological polar surface area (TPSA) is 53.2 Å². The Labute approximate surface area is 161 Å². The molecule has 5 heteroatoms. The van der Waals surface area contributed by atoms with Crippen LogP contribution in [0.4, 0.5) is 0 Å². The number of thiophene rings is 1. The number of thioether (sulfide) groups is 1. The number of carbonyl (C=O) groups excluding carboxylic acids is 1. The molecule has 1 aromatic carbocycles. The Hall–Kier alpha value is -2.16. The third kappa shape index (κ3) is 3.27. The fraction of sp³-hybridized carbons (Fsp3) is 0.286. The van der Waals surface area contributed by atoms with E-state index in [4.69, 9.17) is 4.99 Å². The summed E-state index contributed by atoms with van der Waals surface area (Å²) in [5, 5.41) is 12.8. The number of aliphatic imine (C=N–C) groups is 1. The van der Waals surface area contributed by atoms with Gasteiger partial charge in [0.2, 0.25) is 0 Å². The van der Waals surface area contributed by atoms with Gasteiger partial charge in [0.25, 0.3) is 0 Å². The van der Waals surface area contributed by atoms with Gasteiger partial charge >= 0.3 is 0 Å². The van der Waals surface area contributed by atoms with Crippen molar-refractivity contribution in [1.82, 2.24) is 0 Å². The van der Waals surface area contributed by atoms with Gasteiger partial charge in [-0.25, -0.2) is 4.99 Å². The van der Waals surface area contributed by atoms with Gasteiger partial charge in [-0.1, -0.05) is 36.4 Å². The highest BCUT2D eigenvalue weighted by Gasteiger charge is 2.40. The van der Waals surface area contributed by atoms with E-state index < -0.39 is 0 Å². The van der Waals surface area contributed by atoms with Gasteiger partial charge in [-0.05, 0) is 29.9 Å². The lowest BCUT2D eigenvalue weighted by atomic mass is 9.77. The Balaban J connectivity index is 1.71. The van der Waals surface area contributed by atoms with Crippen LogP contribution in [-0.2, 0) is 10.5 Å². The van der Waals surface area contributed by atoms with Crippen LogP contribution >= 0.6 is 23.1 Å². The fourth-order valence-electron chi connectivity index (χ4n) is 3.59. The first-order valence-corrected chi connectivity index (χ1v) is 10.6. The zero-order chi connectivity index (χ0) is 17.9. The van der Waals surface area contributed by atoms with Crippen LogP contribution in [0.3, 0.4) is 0 Å². The summed E-state index contributed by atoms with van der Waals surface area (Å²) in [6.45, 7) is 0. The maximum absolute atomic E-state index is 12.6. The summed E-state index contributed by atoms with van der Waals surface area (Å²) >= 11 is 3.25. The van der Waals surface area contributed by atoms with Crippen LogP contribution in [0, 0.1) is 17.2 Å². The molecular formula is C21H18N2OS2. The molecule has 0 bridgehead atoms. The molecule has 0 amide bonds. The Kier molecular flexibility index (Phi) is 5.05. The number of ketones is 1. The Morgan fingerprint density at radius 2 is 2.04 bits per heavy atom. The fourth-order valence-corrected chi connectivity index (χ4v) is 5.51. The van der Waals surface area contributed by atoms with Crippen LogP contribution in [0.25, 0.3) is 0 Å². The zero-order valence-corrected chi connectivity index (χ0v) is 15.9. The van der Waals surface area contributed by atoms with Crippen molar-refractivity contribution in [1.29, 1.82) is 5.26 Å². The van der Waals surface area contributed by atoms with Crippen molar-refractivity contribution in [3.63, 3.8) is 0 Å². The minimum atomic E-state index is -0.386. The molecule has 26 heavy (non-hydrogen) atoms. The normalized spacial score (nSPS) is 22.6. The second-order valence-electron chi connectivity index (χ2n) is 6.46. The molecule has 1 aliphatic heterocycles. The smallest absolute Gasteiger partial charge is 0.161 e. The van der Waals surface area contributed by atoms with Gasteiger partial charge in [0.1, 0.15) is 5.92 Å². The first-order valence-electron chi connectivity index (χ1n) is 8.72. The predicted molar refractivity (Wildman–Crippen MR) is 107 cm³/mol. The van der Waals surface area contributed by atoms with E-state index in [1.807, 2.05) is 35.7 Å². The minimum Gasteiger partial charge on any atom is -0.294 e. The average Bonchev–Trinajstić information content (AvgIpc) is 3.20. The number of Topliss-reactive ketones (excluding diaryl/α,β-unsaturated/α-hetero) is 1. The SMILES string of the molecule is N#CC1C(SCc2ccccc2)=NC2=C(C(=O)CCC2)[C@H]1c1cccs1. The summed E-state index contributed by atoms with van der Waals surface area (Å²) in [5.74, 6) is 0.397. The molecule has 4 rings (SSSR count). The number of rotatable bonds is 3. The van der Waals surface area contributed by atoms with Crippen LogP contribution < -0.4 is 0 Å². The van der Waals surface area contributed by atoms with Gasteiger partial charge in [0.05, 0.1) is 11.1 Å².